The number of fused-ring (bicyclic) bond motifs is 2. The molecule has 136 valence electrons. The molecule has 0 bridgehead atoms. The van der Waals surface area contributed by atoms with E-state index in [0.29, 0.717) is 27.8 Å². The third-order valence-corrected chi connectivity index (χ3v) is 5.04. The lowest BCUT2D eigenvalue weighted by molar-refractivity contribution is -0.113. The van der Waals surface area contributed by atoms with Gasteiger partial charge in [0, 0.05) is 5.57 Å². The van der Waals surface area contributed by atoms with Crippen molar-refractivity contribution in [3.05, 3.63) is 80.4 Å². The van der Waals surface area contributed by atoms with Crippen LogP contribution in [0, 0.1) is 0 Å². The van der Waals surface area contributed by atoms with Crippen molar-refractivity contribution in [1.82, 2.24) is 9.36 Å². The zero-order valence-corrected chi connectivity index (χ0v) is 15.2. The number of ketones is 1. The van der Waals surface area contributed by atoms with Gasteiger partial charge in [-0.15, -0.1) is 0 Å². The molecule has 1 aliphatic rings. The largest absolute Gasteiger partial charge is 0.497 e. The summed E-state index contributed by atoms with van der Waals surface area (Å²) < 4.78 is 7.91. The predicted octanol–water partition coefficient (Wildman–Crippen LogP) is 2.59. The summed E-state index contributed by atoms with van der Waals surface area (Å²) in [4.78, 5) is 38.7. The number of hydrogen-bond donors (Lipinski definition) is 0. The van der Waals surface area contributed by atoms with Crippen LogP contribution < -0.4 is 15.9 Å². The molecular weight excluding hydrogens is 344 g/mol. The lowest BCUT2D eigenvalue weighted by atomic mass is 9.95. The van der Waals surface area contributed by atoms with E-state index in [1.54, 1.807) is 50.4 Å². The van der Waals surface area contributed by atoms with Crippen molar-refractivity contribution in [2.24, 2.45) is 0 Å². The molecule has 0 radical (unpaired) electrons. The number of rotatable bonds is 3. The summed E-state index contributed by atoms with van der Waals surface area (Å²) in [5.41, 5.74) is 1.05. The van der Waals surface area contributed by atoms with E-state index in [2.05, 4.69) is 0 Å². The Morgan fingerprint density at radius 3 is 2.11 bits per heavy atom. The van der Waals surface area contributed by atoms with Gasteiger partial charge in [0.25, 0.3) is 11.1 Å². The predicted molar refractivity (Wildman–Crippen MR) is 103 cm³/mol. The molecule has 0 N–H and O–H groups in total. The fourth-order valence-electron chi connectivity index (χ4n) is 3.80. The van der Waals surface area contributed by atoms with Crippen LogP contribution in [0.3, 0.4) is 0 Å². The van der Waals surface area contributed by atoms with Crippen LogP contribution in [0.2, 0.25) is 0 Å². The first-order chi connectivity index (χ1) is 13.0. The molecule has 0 fully saturated rings. The molecule has 1 unspecified atom stereocenters. The van der Waals surface area contributed by atoms with E-state index in [1.807, 2.05) is 12.1 Å². The summed E-state index contributed by atoms with van der Waals surface area (Å²) in [6.45, 7) is 3.16. The van der Waals surface area contributed by atoms with Gasteiger partial charge in [-0.25, -0.2) is 9.36 Å². The van der Waals surface area contributed by atoms with E-state index >= 15 is 0 Å². The van der Waals surface area contributed by atoms with Gasteiger partial charge in [0.15, 0.2) is 5.78 Å². The van der Waals surface area contributed by atoms with Gasteiger partial charge in [0.2, 0.25) is 0 Å². The van der Waals surface area contributed by atoms with Gasteiger partial charge >= 0.3 is 0 Å². The highest BCUT2D eigenvalue weighted by atomic mass is 16.5. The van der Waals surface area contributed by atoms with Crippen LogP contribution >= 0.6 is 0 Å². The van der Waals surface area contributed by atoms with Gasteiger partial charge < -0.3 is 4.74 Å². The molecule has 6 nitrogen and oxygen atoms in total. The molecule has 1 atom stereocenters. The Labute approximate surface area is 154 Å². The highest BCUT2D eigenvalue weighted by Crippen LogP contribution is 2.35. The van der Waals surface area contributed by atoms with Crippen LogP contribution in [0.4, 0.5) is 0 Å². The number of allylic oxidation sites excluding steroid dienone is 2. The summed E-state index contributed by atoms with van der Waals surface area (Å²) in [6, 6.07) is 13.2. The van der Waals surface area contributed by atoms with Crippen molar-refractivity contribution < 1.29 is 9.53 Å². The minimum atomic E-state index is -0.654. The molecule has 4 rings (SSSR count). The maximum atomic E-state index is 13.2. The van der Waals surface area contributed by atoms with Crippen molar-refractivity contribution in [2.45, 2.75) is 19.9 Å². The van der Waals surface area contributed by atoms with E-state index in [9.17, 15) is 14.4 Å². The van der Waals surface area contributed by atoms with E-state index < -0.39 is 6.04 Å². The van der Waals surface area contributed by atoms with Crippen molar-refractivity contribution >= 4 is 22.3 Å². The molecule has 1 aromatic heterocycles. The minimum Gasteiger partial charge on any atom is -0.497 e. The number of aromatic nitrogens is 2. The summed E-state index contributed by atoms with van der Waals surface area (Å²) >= 11 is 0. The number of carbonyl (C=O) groups excluding carboxylic acids is 1. The second kappa shape index (κ2) is 6.09. The van der Waals surface area contributed by atoms with E-state index in [1.165, 1.54) is 16.3 Å². The molecule has 0 aliphatic carbocycles. The average molecular weight is 362 g/mol. The van der Waals surface area contributed by atoms with Crippen LogP contribution in [0.5, 0.6) is 5.75 Å². The van der Waals surface area contributed by atoms with Crippen LogP contribution in [0.1, 0.15) is 25.5 Å². The molecule has 0 saturated heterocycles. The zero-order chi connectivity index (χ0) is 19.3. The summed E-state index contributed by atoms with van der Waals surface area (Å²) in [5.74, 6) is 0.498. The van der Waals surface area contributed by atoms with Gasteiger partial charge in [-0.3, -0.25) is 14.4 Å². The first-order valence-electron chi connectivity index (χ1n) is 8.58. The number of ether oxygens (including phenoxy) is 1. The lowest BCUT2D eigenvalue weighted by Crippen LogP contribution is -2.37. The second-order valence-electron chi connectivity index (χ2n) is 6.54. The Hall–Kier alpha value is -3.41. The zero-order valence-electron chi connectivity index (χ0n) is 15.2. The Kier molecular flexibility index (Phi) is 3.84. The monoisotopic (exact) mass is 362 g/mol. The Balaban J connectivity index is 2.10. The molecule has 2 aromatic carbocycles. The lowest BCUT2D eigenvalue weighted by Gasteiger charge is -2.18. The first kappa shape index (κ1) is 17.0. The fourth-order valence-corrected chi connectivity index (χ4v) is 3.80. The molecule has 0 spiro atoms. The van der Waals surface area contributed by atoms with E-state index in [0.717, 1.165) is 5.56 Å². The number of nitrogens with zero attached hydrogens (tertiary/aromatic N) is 2. The van der Waals surface area contributed by atoms with Gasteiger partial charge in [-0.2, -0.15) is 0 Å². The number of benzene rings is 2. The maximum absolute atomic E-state index is 13.2. The fraction of sp³-hybridized carbons (Fsp3) is 0.190. The minimum absolute atomic E-state index is 0.174. The Morgan fingerprint density at radius 2 is 1.56 bits per heavy atom. The molecule has 1 aliphatic heterocycles. The smallest absolute Gasteiger partial charge is 0.277 e. The van der Waals surface area contributed by atoms with Gasteiger partial charge in [0.05, 0.1) is 23.6 Å². The SMILES string of the molecule is COc1ccc(C2C(C(C)=O)=C(C)n3c(=O)c4ccccc4c(=O)n32)cc1. The number of Topliss-reactive ketones (excluding diaryl/α,β-unsaturated/α-hetero) is 1. The van der Waals surface area contributed by atoms with Crippen molar-refractivity contribution in [1.29, 1.82) is 0 Å². The van der Waals surface area contributed by atoms with Crippen LogP contribution in [-0.2, 0) is 4.79 Å². The quantitative estimate of drug-likeness (QED) is 0.718. The molecule has 0 amide bonds. The van der Waals surface area contributed by atoms with Crippen molar-refractivity contribution in [3.63, 3.8) is 0 Å². The van der Waals surface area contributed by atoms with E-state index in [4.69, 9.17) is 4.74 Å². The second-order valence-corrected chi connectivity index (χ2v) is 6.54. The molecule has 27 heavy (non-hydrogen) atoms. The molecule has 2 heterocycles. The molecule has 6 heteroatoms. The first-order valence-corrected chi connectivity index (χ1v) is 8.58. The van der Waals surface area contributed by atoms with Crippen LogP contribution in [-0.4, -0.2) is 22.3 Å². The summed E-state index contributed by atoms with van der Waals surface area (Å²) in [7, 11) is 1.57. The topological polar surface area (TPSA) is 70.3 Å². The van der Waals surface area contributed by atoms with E-state index in [-0.39, 0.29) is 16.9 Å². The molecule has 3 aromatic rings. The standard InChI is InChI=1S/C21H18N2O4/c1-12-18(13(2)24)19(14-8-10-15(27-3)11-9-14)23-21(26)17-7-5-4-6-16(17)20(25)22(12)23/h4-11,19H,1-3H3. The summed E-state index contributed by atoms with van der Waals surface area (Å²) in [6.07, 6.45) is 0. The Bertz CT molecular complexity index is 1230. The summed E-state index contributed by atoms with van der Waals surface area (Å²) in [5, 5.41) is 0.686. The number of carbonyl (C=O) groups is 1. The van der Waals surface area contributed by atoms with Gasteiger partial charge in [-0.1, -0.05) is 24.3 Å². The van der Waals surface area contributed by atoms with Gasteiger partial charge in [-0.05, 0) is 43.7 Å². The maximum Gasteiger partial charge on any atom is 0.277 e. The van der Waals surface area contributed by atoms with Crippen LogP contribution in [0.15, 0.2) is 63.7 Å². The highest BCUT2D eigenvalue weighted by Gasteiger charge is 2.35. The van der Waals surface area contributed by atoms with Crippen LogP contribution in [0.25, 0.3) is 16.5 Å². The van der Waals surface area contributed by atoms with Gasteiger partial charge in [0.1, 0.15) is 11.8 Å². The Morgan fingerprint density at radius 1 is 0.963 bits per heavy atom. The van der Waals surface area contributed by atoms with Crippen molar-refractivity contribution in [2.75, 3.05) is 7.11 Å². The molecular formula is C21H18N2O4. The highest BCUT2D eigenvalue weighted by molar-refractivity contribution is 6.01. The van der Waals surface area contributed by atoms with Crippen molar-refractivity contribution in [3.8, 4) is 5.75 Å². The third-order valence-electron chi connectivity index (χ3n) is 5.04. The third kappa shape index (κ3) is 2.37. The average Bonchev–Trinajstić information content (AvgIpc) is 3.00. The number of hydrogen-bond acceptors (Lipinski definition) is 4. The molecule has 0 saturated carbocycles. The number of methoxy groups -OCH3 is 1. The normalized spacial score (nSPS) is 15.9.